The van der Waals surface area contributed by atoms with Crippen LogP contribution in [0.3, 0.4) is 0 Å². The Morgan fingerprint density at radius 3 is 2.46 bits per heavy atom. The molecule has 140 valence electrons. The number of carbonyl (C=O) groups is 1. The number of pyridine rings is 1. The van der Waals surface area contributed by atoms with Gasteiger partial charge in [-0.3, -0.25) is 4.79 Å². The largest absolute Gasteiger partial charge is 0.397 e. The molecule has 1 amide bonds. The van der Waals surface area contributed by atoms with Crippen molar-refractivity contribution in [2.24, 2.45) is 0 Å². The Labute approximate surface area is 168 Å². The summed E-state index contributed by atoms with van der Waals surface area (Å²) in [5.41, 5.74) is 11.0. The van der Waals surface area contributed by atoms with Gasteiger partial charge in [0.05, 0.1) is 11.4 Å². The number of thiophene rings is 1. The molecule has 2 heterocycles. The van der Waals surface area contributed by atoms with E-state index in [1.807, 2.05) is 42.5 Å². The lowest BCUT2D eigenvalue weighted by atomic mass is 10.1. The van der Waals surface area contributed by atoms with E-state index in [4.69, 9.17) is 10.7 Å². The molecule has 0 atom stereocenters. The molecule has 5 heteroatoms. The predicted octanol–water partition coefficient (Wildman–Crippen LogP) is 5.13. The van der Waals surface area contributed by atoms with E-state index in [1.165, 1.54) is 16.9 Å². The van der Waals surface area contributed by atoms with Crippen LogP contribution in [-0.2, 0) is 6.54 Å². The molecular weight excluding hydrogens is 366 g/mol. The molecule has 2 N–H and O–H groups in total. The van der Waals surface area contributed by atoms with E-state index >= 15 is 0 Å². The monoisotopic (exact) mass is 387 g/mol. The molecule has 0 fully saturated rings. The summed E-state index contributed by atoms with van der Waals surface area (Å²) in [7, 11) is 1.80. The van der Waals surface area contributed by atoms with E-state index in [0.717, 1.165) is 27.0 Å². The number of nitrogen functional groups attached to an aromatic ring is 1. The van der Waals surface area contributed by atoms with Crippen molar-refractivity contribution in [1.82, 2.24) is 9.88 Å². The lowest BCUT2D eigenvalue weighted by molar-refractivity contribution is 0.0791. The molecule has 4 rings (SSSR count). The lowest BCUT2D eigenvalue weighted by Gasteiger charge is -2.16. The van der Waals surface area contributed by atoms with Gasteiger partial charge in [-0.1, -0.05) is 60.2 Å². The highest BCUT2D eigenvalue weighted by Gasteiger charge is 2.21. The normalized spacial score (nSPS) is 10.9. The van der Waals surface area contributed by atoms with E-state index in [-0.39, 0.29) is 5.91 Å². The Morgan fingerprint density at radius 2 is 1.75 bits per heavy atom. The lowest BCUT2D eigenvalue weighted by Crippen LogP contribution is -2.26. The summed E-state index contributed by atoms with van der Waals surface area (Å²) in [6, 6.07) is 22.1. The van der Waals surface area contributed by atoms with Crippen LogP contribution in [0.1, 0.15) is 20.8 Å². The average Bonchev–Trinajstić information content (AvgIpc) is 3.04. The molecule has 2 aromatic carbocycles. The molecule has 0 spiro atoms. The predicted molar refractivity (Wildman–Crippen MR) is 116 cm³/mol. The van der Waals surface area contributed by atoms with Crippen molar-refractivity contribution in [3.05, 3.63) is 82.7 Å². The van der Waals surface area contributed by atoms with Crippen LogP contribution < -0.4 is 5.73 Å². The molecule has 4 aromatic rings. The van der Waals surface area contributed by atoms with E-state index in [2.05, 4.69) is 31.2 Å². The number of nitrogens with two attached hydrogens (primary N) is 1. The van der Waals surface area contributed by atoms with Crippen LogP contribution in [0.15, 0.2) is 66.7 Å². The van der Waals surface area contributed by atoms with E-state index in [1.54, 1.807) is 11.9 Å². The Kier molecular flexibility index (Phi) is 4.84. The van der Waals surface area contributed by atoms with Crippen molar-refractivity contribution in [2.75, 3.05) is 12.8 Å². The minimum Gasteiger partial charge on any atom is -0.397 e. The number of benzene rings is 2. The second-order valence-corrected chi connectivity index (χ2v) is 7.91. The topological polar surface area (TPSA) is 59.2 Å². The third-order valence-corrected chi connectivity index (χ3v) is 5.85. The van der Waals surface area contributed by atoms with Gasteiger partial charge < -0.3 is 10.6 Å². The Morgan fingerprint density at radius 1 is 1.04 bits per heavy atom. The van der Waals surface area contributed by atoms with Crippen LogP contribution in [0.5, 0.6) is 0 Å². The van der Waals surface area contributed by atoms with Gasteiger partial charge in [-0.15, -0.1) is 11.3 Å². The van der Waals surface area contributed by atoms with Gasteiger partial charge in [-0.25, -0.2) is 4.98 Å². The molecule has 0 saturated carbocycles. The maximum Gasteiger partial charge on any atom is 0.266 e. The molecule has 4 nitrogen and oxygen atoms in total. The van der Waals surface area contributed by atoms with Crippen LogP contribution in [0.2, 0.25) is 0 Å². The van der Waals surface area contributed by atoms with Gasteiger partial charge >= 0.3 is 0 Å². The van der Waals surface area contributed by atoms with Gasteiger partial charge in [0.15, 0.2) is 0 Å². The second kappa shape index (κ2) is 7.44. The number of hydrogen-bond acceptors (Lipinski definition) is 4. The van der Waals surface area contributed by atoms with Crippen molar-refractivity contribution < 1.29 is 4.79 Å². The van der Waals surface area contributed by atoms with E-state index in [9.17, 15) is 4.79 Å². The summed E-state index contributed by atoms with van der Waals surface area (Å²) in [6.07, 6.45) is 0. The quantitative estimate of drug-likeness (QED) is 0.528. The maximum absolute atomic E-state index is 13.0. The molecule has 0 unspecified atom stereocenters. The van der Waals surface area contributed by atoms with Crippen molar-refractivity contribution in [2.45, 2.75) is 13.5 Å². The smallest absolute Gasteiger partial charge is 0.266 e. The molecular formula is C23H21N3OS. The number of carbonyl (C=O) groups excluding carboxylic acids is 1. The zero-order valence-electron chi connectivity index (χ0n) is 15.8. The highest BCUT2D eigenvalue weighted by atomic mass is 32.1. The fourth-order valence-electron chi connectivity index (χ4n) is 3.14. The zero-order valence-corrected chi connectivity index (χ0v) is 16.7. The van der Waals surface area contributed by atoms with Crippen molar-refractivity contribution in [3.63, 3.8) is 0 Å². The molecule has 28 heavy (non-hydrogen) atoms. The van der Waals surface area contributed by atoms with Gasteiger partial charge in [-0.05, 0) is 24.6 Å². The first-order valence-corrected chi connectivity index (χ1v) is 9.90. The molecule has 0 aliphatic rings. The standard InChI is InChI=1S/C23H21N3OS/c1-15-8-10-17(11-9-15)19-13-12-18-20(24)21(28-22(18)25-19)23(27)26(2)14-16-6-4-3-5-7-16/h3-13H,14,24H2,1-2H3. The number of aryl methyl sites for hydroxylation is 1. The van der Waals surface area contributed by atoms with Crippen LogP contribution in [0.4, 0.5) is 5.69 Å². The van der Waals surface area contributed by atoms with Crippen LogP contribution in [-0.4, -0.2) is 22.8 Å². The highest BCUT2D eigenvalue weighted by Crippen LogP contribution is 2.35. The third-order valence-electron chi connectivity index (χ3n) is 4.74. The molecule has 0 aliphatic heterocycles. The number of nitrogens with zero attached hydrogens (tertiary/aromatic N) is 2. The van der Waals surface area contributed by atoms with Crippen LogP contribution >= 0.6 is 11.3 Å². The number of anilines is 1. The Hall–Kier alpha value is -3.18. The number of hydrogen-bond donors (Lipinski definition) is 1. The summed E-state index contributed by atoms with van der Waals surface area (Å²) in [6.45, 7) is 2.60. The summed E-state index contributed by atoms with van der Waals surface area (Å²) in [5, 5.41) is 0.831. The first kappa shape index (κ1) is 18.2. The third kappa shape index (κ3) is 3.49. The zero-order chi connectivity index (χ0) is 19.7. The first-order valence-electron chi connectivity index (χ1n) is 9.08. The van der Waals surface area contributed by atoms with Gasteiger partial charge in [0, 0.05) is 24.5 Å². The van der Waals surface area contributed by atoms with Gasteiger partial charge in [0.2, 0.25) is 0 Å². The first-order chi connectivity index (χ1) is 13.5. The molecule has 2 aromatic heterocycles. The van der Waals surface area contributed by atoms with Crippen LogP contribution in [0.25, 0.3) is 21.5 Å². The Balaban J connectivity index is 1.65. The van der Waals surface area contributed by atoms with Crippen LogP contribution in [0, 0.1) is 6.92 Å². The summed E-state index contributed by atoms with van der Waals surface area (Å²) in [4.78, 5) is 20.7. The number of amides is 1. The fourth-order valence-corrected chi connectivity index (χ4v) is 4.23. The van der Waals surface area contributed by atoms with Gasteiger partial charge in [-0.2, -0.15) is 0 Å². The minimum absolute atomic E-state index is 0.0822. The van der Waals surface area contributed by atoms with E-state index < -0.39 is 0 Å². The number of fused-ring (bicyclic) bond motifs is 1. The molecule has 0 radical (unpaired) electrons. The average molecular weight is 388 g/mol. The molecule has 0 aliphatic carbocycles. The summed E-state index contributed by atoms with van der Waals surface area (Å²) in [5.74, 6) is -0.0822. The number of rotatable bonds is 4. The maximum atomic E-state index is 13.0. The van der Waals surface area contributed by atoms with Crippen molar-refractivity contribution in [1.29, 1.82) is 0 Å². The van der Waals surface area contributed by atoms with Crippen molar-refractivity contribution in [3.8, 4) is 11.3 Å². The SMILES string of the molecule is Cc1ccc(-c2ccc3c(N)c(C(=O)N(C)Cc4ccccc4)sc3n2)cc1. The fraction of sp³-hybridized carbons (Fsp3) is 0.130. The summed E-state index contributed by atoms with van der Waals surface area (Å²) < 4.78 is 0. The summed E-state index contributed by atoms with van der Waals surface area (Å²) >= 11 is 1.36. The van der Waals surface area contributed by atoms with Gasteiger partial charge in [0.25, 0.3) is 5.91 Å². The van der Waals surface area contributed by atoms with Crippen molar-refractivity contribution >= 4 is 33.1 Å². The second-order valence-electron chi connectivity index (χ2n) is 6.91. The highest BCUT2D eigenvalue weighted by molar-refractivity contribution is 7.21. The molecule has 0 saturated heterocycles. The number of aromatic nitrogens is 1. The van der Waals surface area contributed by atoms with E-state index in [0.29, 0.717) is 17.1 Å². The Bertz CT molecular complexity index is 1130. The minimum atomic E-state index is -0.0822. The van der Waals surface area contributed by atoms with Gasteiger partial charge in [0.1, 0.15) is 9.71 Å². The molecule has 0 bridgehead atoms.